The largest absolute Gasteiger partial charge is 0.496 e. The standard InChI is InChI=1S/C12H16O2/c1-8-6-7-11(14-2)9-4-3-5-10(13)12(8)9/h6-7,10,13H,3-5H2,1-2H3/t10-/m0/s1. The molecule has 0 amide bonds. The highest BCUT2D eigenvalue weighted by Gasteiger charge is 2.22. The Hall–Kier alpha value is -1.02. The third-order valence-electron chi connectivity index (χ3n) is 2.99. The monoisotopic (exact) mass is 192 g/mol. The summed E-state index contributed by atoms with van der Waals surface area (Å²) in [6.45, 7) is 2.05. The highest BCUT2D eigenvalue weighted by Crippen LogP contribution is 2.37. The van der Waals surface area contributed by atoms with E-state index in [-0.39, 0.29) is 6.10 Å². The van der Waals surface area contributed by atoms with Crippen LogP contribution >= 0.6 is 0 Å². The molecule has 0 aliphatic heterocycles. The van der Waals surface area contributed by atoms with Crippen molar-refractivity contribution in [3.63, 3.8) is 0 Å². The third-order valence-corrected chi connectivity index (χ3v) is 2.99. The van der Waals surface area contributed by atoms with Crippen molar-refractivity contribution in [2.24, 2.45) is 0 Å². The van der Waals surface area contributed by atoms with Gasteiger partial charge in [0, 0.05) is 5.56 Å². The van der Waals surface area contributed by atoms with Crippen molar-refractivity contribution in [1.82, 2.24) is 0 Å². The molecule has 14 heavy (non-hydrogen) atoms. The molecule has 0 spiro atoms. The number of fused-ring (bicyclic) bond motifs is 1. The molecule has 0 saturated heterocycles. The van der Waals surface area contributed by atoms with E-state index >= 15 is 0 Å². The summed E-state index contributed by atoms with van der Waals surface area (Å²) in [6.07, 6.45) is 2.65. The molecule has 2 heteroatoms. The Balaban J connectivity index is 2.57. The molecule has 1 N–H and O–H groups in total. The number of aliphatic hydroxyl groups excluding tert-OH is 1. The second kappa shape index (κ2) is 3.62. The van der Waals surface area contributed by atoms with Gasteiger partial charge in [0.2, 0.25) is 0 Å². The van der Waals surface area contributed by atoms with Crippen LogP contribution in [-0.4, -0.2) is 12.2 Å². The van der Waals surface area contributed by atoms with Crippen molar-refractivity contribution in [2.45, 2.75) is 32.3 Å². The zero-order valence-corrected chi connectivity index (χ0v) is 8.71. The molecule has 0 unspecified atom stereocenters. The fraction of sp³-hybridized carbons (Fsp3) is 0.500. The van der Waals surface area contributed by atoms with E-state index in [0.717, 1.165) is 30.6 Å². The van der Waals surface area contributed by atoms with E-state index in [2.05, 4.69) is 0 Å². The maximum atomic E-state index is 9.91. The first-order valence-electron chi connectivity index (χ1n) is 5.08. The van der Waals surface area contributed by atoms with Crippen molar-refractivity contribution < 1.29 is 9.84 Å². The maximum absolute atomic E-state index is 9.91. The number of hydrogen-bond donors (Lipinski definition) is 1. The zero-order valence-electron chi connectivity index (χ0n) is 8.71. The second-order valence-electron chi connectivity index (χ2n) is 3.88. The molecule has 1 aliphatic rings. The number of ether oxygens (including phenoxy) is 1. The van der Waals surface area contributed by atoms with E-state index in [4.69, 9.17) is 4.74 Å². The number of rotatable bonds is 1. The first-order valence-corrected chi connectivity index (χ1v) is 5.08. The van der Waals surface area contributed by atoms with Gasteiger partial charge in [-0.1, -0.05) is 6.07 Å². The third kappa shape index (κ3) is 1.40. The second-order valence-corrected chi connectivity index (χ2v) is 3.88. The van der Waals surface area contributed by atoms with Gasteiger partial charge in [0.15, 0.2) is 0 Å². The predicted octanol–water partition coefficient (Wildman–Crippen LogP) is 2.37. The molecule has 0 heterocycles. The molecule has 1 aliphatic carbocycles. The Labute approximate surface area is 84.5 Å². The maximum Gasteiger partial charge on any atom is 0.122 e. The van der Waals surface area contributed by atoms with Crippen LogP contribution in [0.3, 0.4) is 0 Å². The van der Waals surface area contributed by atoms with Crippen LogP contribution < -0.4 is 4.74 Å². The van der Waals surface area contributed by atoms with E-state index in [1.54, 1.807) is 7.11 Å². The van der Waals surface area contributed by atoms with Gasteiger partial charge in [0.05, 0.1) is 13.2 Å². The number of aryl methyl sites for hydroxylation is 1. The average Bonchev–Trinajstić information content (AvgIpc) is 2.18. The molecular weight excluding hydrogens is 176 g/mol. The van der Waals surface area contributed by atoms with Crippen LogP contribution in [0.5, 0.6) is 5.75 Å². The van der Waals surface area contributed by atoms with Crippen LogP contribution in [0, 0.1) is 6.92 Å². The van der Waals surface area contributed by atoms with Gasteiger partial charge < -0.3 is 9.84 Å². The van der Waals surface area contributed by atoms with Crippen molar-refractivity contribution in [1.29, 1.82) is 0 Å². The number of hydrogen-bond acceptors (Lipinski definition) is 2. The minimum atomic E-state index is -0.297. The van der Waals surface area contributed by atoms with Gasteiger partial charge in [-0.15, -0.1) is 0 Å². The van der Waals surface area contributed by atoms with Gasteiger partial charge in [0.25, 0.3) is 0 Å². The van der Waals surface area contributed by atoms with Crippen LogP contribution in [0.25, 0.3) is 0 Å². The summed E-state index contributed by atoms with van der Waals surface area (Å²) in [5, 5.41) is 9.91. The molecule has 2 nitrogen and oxygen atoms in total. The zero-order chi connectivity index (χ0) is 10.1. The smallest absolute Gasteiger partial charge is 0.122 e. The van der Waals surface area contributed by atoms with Gasteiger partial charge >= 0.3 is 0 Å². The lowest BCUT2D eigenvalue weighted by Crippen LogP contribution is -2.12. The average molecular weight is 192 g/mol. The summed E-state index contributed by atoms with van der Waals surface area (Å²) >= 11 is 0. The lowest BCUT2D eigenvalue weighted by atomic mass is 9.86. The Bertz CT molecular complexity index is 344. The van der Waals surface area contributed by atoms with Crippen LogP contribution in [-0.2, 0) is 6.42 Å². The lowest BCUT2D eigenvalue weighted by molar-refractivity contribution is 0.155. The highest BCUT2D eigenvalue weighted by atomic mass is 16.5. The normalized spacial score (nSPS) is 20.4. The number of methoxy groups -OCH3 is 1. The molecule has 0 radical (unpaired) electrons. The van der Waals surface area contributed by atoms with E-state index in [9.17, 15) is 5.11 Å². The highest BCUT2D eigenvalue weighted by molar-refractivity contribution is 5.47. The van der Waals surface area contributed by atoms with E-state index in [1.165, 1.54) is 11.1 Å². The minimum absolute atomic E-state index is 0.297. The first kappa shape index (κ1) is 9.53. The summed E-state index contributed by atoms with van der Waals surface area (Å²) in [5.41, 5.74) is 3.47. The Morgan fingerprint density at radius 1 is 1.43 bits per heavy atom. The van der Waals surface area contributed by atoms with Gasteiger partial charge in [-0.2, -0.15) is 0 Å². The van der Waals surface area contributed by atoms with Crippen molar-refractivity contribution in [2.75, 3.05) is 7.11 Å². The molecule has 1 aromatic rings. The fourth-order valence-electron chi connectivity index (χ4n) is 2.29. The molecule has 0 bridgehead atoms. The van der Waals surface area contributed by atoms with Gasteiger partial charge in [-0.3, -0.25) is 0 Å². The molecule has 0 fully saturated rings. The van der Waals surface area contributed by atoms with E-state index in [1.807, 2.05) is 19.1 Å². The molecule has 0 aromatic heterocycles. The number of aliphatic hydroxyl groups is 1. The van der Waals surface area contributed by atoms with Crippen molar-refractivity contribution >= 4 is 0 Å². The van der Waals surface area contributed by atoms with Crippen LogP contribution in [0.2, 0.25) is 0 Å². The Morgan fingerprint density at radius 3 is 2.93 bits per heavy atom. The Morgan fingerprint density at radius 2 is 2.21 bits per heavy atom. The quantitative estimate of drug-likeness (QED) is 0.740. The summed E-state index contributed by atoms with van der Waals surface area (Å²) in [4.78, 5) is 0. The van der Waals surface area contributed by atoms with Gasteiger partial charge in [-0.05, 0) is 43.4 Å². The summed E-state index contributed by atoms with van der Waals surface area (Å²) in [7, 11) is 1.69. The molecule has 76 valence electrons. The number of benzene rings is 1. The summed E-state index contributed by atoms with van der Waals surface area (Å²) < 4.78 is 5.30. The predicted molar refractivity (Wildman–Crippen MR) is 55.6 cm³/mol. The van der Waals surface area contributed by atoms with E-state index < -0.39 is 0 Å². The minimum Gasteiger partial charge on any atom is -0.496 e. The van der Waals surface area contributed by atoms with Gasteiger partial charge in [-0.25, -0.2) is 0 Å². The van der Waals surface area contributed by atoms with E-state index in [0.29, 0.717) is 0 Å². The summed E-state index contributed by atoms with van der Waals surface area (Å²) in [5.74, 6) is 0.921. The Kier molecular flexibility index (Phi) is 2.46. The van der Waals surface area contributed by atoms with Crippen molar-refractivity contribution in [3.05, 3.63) is 28.8 Å². The van der Waals surface area contributed by atoms with Gasteiger partial charge in [0.1, 0.15) is 5.75 Å². The SMILES string of the molecule is COc1ccc(C)c2c1CCC[C@@H]2O. The molecule has 1 atom stereocenters. The fourth-order valence-corrected chi connectivity index (χ4v) is 2.29. The topological polar surface area (TPSA) is 29.5 Å². The summed E-state index contributed by atoms with van der Waals surface area (Å²) in [6, 6.07) is 4.01. The molecule has 0 saturated carbocycles. The lowest BCUT2D eigenvalue weighted by Gasteiger charge is -2.25. The van der Waals surface area contributed by atoms with Crippen LogP contribution in [0.1, 0.15) is 35.6 Å². The molecular formula is C12H16O2. The van der Waals surface area contributed by atoms with Crippen LogP contribution in [0.4, 0.5) is 0 Å². The van der Waals surface area contributed by atoms with Crippen molar-refractivity contribution in [3.8, 4) is 5.75 Å². The van der Waals surface area contributed by atoms with Crippen LogP contribution in [0.15, 0.2) is 12.1 Å². The molecule has 2 rings (SSSR count). The molecule has 1 aromatic carbocycles. The first-order chi connectivity index (χ1) is 6.74.